The van der Waals surface area contributed by atoms with Crippen LogP contribution in [-0.4, -0.2) is 21.3 Å². The number of nitrogens with one attached hydrogen (secondary N) is 1. The zero-order valence-corrected chi connectivity index (χ0v) is 14.0. The molecule has 0 saturated heterocycles. The van der Waals surface area contributed by atoms with E-state index in [1.807, 2.05) is 26.8 Å². The molecule has 0 fully saturated rings. The van der Waals surface area contributed by atoms with Crippen LogP contribution >= 0.6 is 11.6 Å². The van der Waals surface area contributed by atoms with Gasteiger partial charge in [0.05, 0.1) is 12.9 Å². The Morgan fingerprint density at radius 2 is 2.00 bits per heavy atom. The Morgan fingerprint density at radius 1 is 1.35 bits per heavy atom. The van der Waals surface area contributed by atoms with E-state index in [0.717, 1.165) is 23.1 Å². The minimum absolute atomic E-state index is 0.143. The maximum atomic E-state index is 11.8. The van der Waals surface area contributed by atoms with E-state index in [9.17, 15) is 8.42 Å². The van der Waals surface area contributed by atoms with Gasteiger partial charge in [0.15, 0.2) is 0 Å². The van der Waals surface area contributed by atoms with Crippen molar-refractivity contribution in [3.8, 4) is 5.75 Å². The van der Waals surface area contributed by atoms with Crippen molar-refractivity contribution >= 4 is 21.6 Å². The Bertz CT molecular complexity index is 570. The van der Waals surface area contributed by atoms with Crippen molar-refractivity contribution in [3.05, 3.63) is 27.8 Å². The maximum Gasteiger partial charge on any atom is 0.211 e. The second-order valence-electron chi connectivity index (χ2n) is 4.81. The van der Waals surface area contributed by atoms with Crippen LogP contribution in [0, 0.1) is 13.8 Å². The van der Waals surface area contributed by atoms with E-state index in [4.69, 9.17) is 16.3 Å². The topological polar surface area (TPSA) is 55.4 Å². The highest BCUT2D eigenvalue weighted by Crippen LogP contribution is 2.31. The number of halogens is 1. The van der Waals surface area contributed by atoms with Gasteiger partial charge < -0.3 is 4.74 Å². The lowest BCUT2D eigenvalue weighted by Crippen LogP contribution is -2.26. The number of aryl methyl sites for hydroxylation is 1. The predicted molar refractivity (Wildman–Crippen MR) is 83.0 cm³/mol. The highest BCUT2D eigenvalue weighted by molar-refractivity contribution is 7.89. The highest BCUT2D eigenvalue weighted by atomic mass is 35.5. The first kappa shape index (κ1) is 17.3. The molecule has 0 aliphatic heterocycles. The van der Waals surface area contributed by atoms with Crippen molar-refractivity contribution in [1.29, 1.82) is 0 Å². The van der Waals surface area contributed by atoms with Crippen LogP contribution in [-0.2, 0) is 16.6 Å². The third-order valence-electron chi connectivity index (χ3n) is 3.23. The molecule has 0 radical (unpaired) electrons. The smallest absolute Gasteiger partial charge is 0.211 e. The van der Waals surface area contributed by atoms with E-state index >= 15 is 0 Å². The number of methoxy groups -OCH3 is 1. The van der Waals surface area contributed by atoms with Crippen LogP contribution < -0.4 is 9.46 Å². The number of hydrogen-bond donors (Lipinski definition) is 1. The molecule has 0 atom stereocenters. The van der Waals surface area contributed by atoms with Crippen LogP contribution in [0.1, 0.15) is 36.5 Å². The summed E-state index contributed by atoms with van der Waals surface area (Å²) < 4.78 is 31.6. The summed E-state index contributed by atoms with van der Waals surface area (Å²) in [5, 5.41) is 0.647. The molecule has 0 aromatic heterocycles. The molecule has 0 bridgehead atoms. The van der Waals surface area contributed by atoms with E-state index < -0.39 is 10.0 Å². The molecule has 4 nitrogen and oxygen atoms in total. The molecular formula is C14H22ClNO3S. The number of sulfonamides is 1. The first-order chi connectivity index (χ1) is 9.32. The van der Waals surface area contributed by atoms with Crippen molar-refractivity contribution < 1.29 is 13.2 Å². The summed E-state index contributed by atoms with van der Waals surface area (Å²) in [6.45, 7) is 5.92. The number of unbranched alkanes of at least 4 members (excludes halogenated alkanes) is 1. The molecule has 0 spiro atoms. The van der Waals surface area contributed by atoms with E-state index in [-0.39, 0.29) is 12.3 Å². The number of hydrogen-bond acceptors (Lipinski definition) is 3. The molecular weight excluding hydrogens is 298 g/mol. The lowest BCUT2D eigenvalue weighted by atomic mass is 10.0. The van der Waals surface area contributed by atoms with Crippen LogP contribution in [0.25, 0.3) is 0 Å². The van der Waals surface area contributed by atoms with Gasteiger partial charge in [0.2, 0.25) is 10.0 Å². The molecule has 0 aliphatic carbocycles. The Kier molecular flexibility index (Phi) is 6.30. The number of ether oxygens (including phenoxy) is 1. The highest BCUT2D eigenvalue weighted by Gasteiger charge is 2.15. The van der Waals surface area contributed by atoms with Gasteiger partial charge in [0.25, 0.3) is 0 Å². The number of benzene rings is 1. The SMILES string of the molecule is CCCCS(=O)(=O)NCc1c(OC)cc(C)c(Cl)c1C. The number of rotatable bonds is 7. The zero-order valence-electron chi connectivity index (χ0n) is 12.4. The van der Waals surface area contributed by atoms with E-state index in [2.05, 4.69) is 4.72 Å². The van der Waals surface area contributed by atoms with Crippen molar-refractivity contribution in [1.82, 2.24) is 4.72 Å². The van der Waals surface area contributed by atoms with E-state index in [1.165, 1.54) is 0 Å². The molecule has 0 heterocycles. The normalized spacial score (nSPS) is 11.7. The molecule has 0 amide bonds. The van der Waals surface area contributed by atoms with Crippen molar-refractivity contribution in [3.63, 3.8) is 0 Å². The summed E-state index contributed by atoms with van der Waals surface area (Å²) in [6.07, 6.45) is 1.50. The second kappa shape index (κ2) is 7.29. The van der Waals surface area contributed by atoms with E-state index in [0.29, 0.717) is 17.2 Å². The van der Waals surface area contributed by atoms with Crippen molar-refractivity contribution in [2.24, 2.45) is 0 Å². The van der Waals surface area contributed by atoms with Gasteiger partial charge in [-0.3, -0.25) is 0 Å². The van der Waals surface area contributed by atoms with Gasteiger partial charge in [0, 0.05) is 17.1 Å². The van der Waals surface area contributed by atoms with Gasteiger partial charge in [-0.05, 0) is 37.5 Å². The molecule has 0 saturated carbocycles. The van der Waals surface area contributed by atoms with Gasteiger partial charge in [-0.1, -0.05) is 24.9 Å². The van der Waals surface area contributed by atoms with Crippen LogP contribution in [0.3, 0.4) is 0 Å². The van der Waals surface area contributed by atoms with E-state index in [1.54, 1.807) is 7.11 Å². The van der Waals surface area contributed by atoms with Gasteiger partial charge >= 0.3 is 0 Å². The van der Waals surface area contributed by atoms with Crippen LogP contribution in [0.4, 0.5) is 0 Å². The fraction of sp³-hybridized carbons (Fsp3) is 0.571. The Balaban J connectivity index is 2.95. The van der Waals surface area contributed by atoms with Crippen molar-refractivity contribution in [2.75, 3.05) is 12.9 Å². The Labute approximate surface area is 126 Å². The average Bonchev–Trinajstić information content (AvgIpc) is 2.41. The van der Waals surface area contributed by atoms with Crippen molar-refractivity contribution in [2.45, 2.75) is 40.2 Å². The van der Waals surface area contributed by atoms with Crippen LogP contribution in [0.15, 0.2) is 6.07 Å². The molecule has 20 heavy (non-hydrogen) atoms. The van der Waals surface area contributed by atoms with Crippen LogP contribution in [0.5, 0.6) is 5.75 Å². The quantitative estimate of drug-likeness (QED) is 0.839. The molecule has 1 rings (SSSR count). The molecule has 6 heteroatoms. The van der Waals surface area contributed by atoms with Gasteiger partial charge in [0.1, 0.15) is 5.75 Å². The summed E-state index contributed by atoms with van der Waals surface area (Å²) in [6, 6.07) is 1.82. The zero-order chi connectivity index (χ0) is 15.3. The third-order valence-corrected chi connectivity index (χ3v) is 5.22. The standard InChI is InChI=1S/C14H22ClNO3S/c1-5-6-7-20(17,18)16-9-12-11(3)14(15)10(2)8-13(12)19-4/h8,16H,5-7,9H2,1-4H3. The fourth-order valence-electron chi connectivity index (χ4n) is 1.95. The summed E-state index contributed by atoms with van der Waals surface area (Å²) in [7, 11) is -1.69. The van der Waals surface area contributed by atoms with Gasteiger partial charge in [-0.15, -0.1) is 0 Å². The molecule has 1 aromatic carbocycles. The van der Waals surface area contributed by atoms with Gasteiger partial charge in [-0.25, -0.2) is 13.1 Å². The second-order valence-corrected chi connectivity index (χ2v) is 7.11. The third kappa shape index (κ3) is 4.36. The lowest BCUT2D eigenvalue weighted by molar-refractivity contribution is 0.408. The lowest BCUT2D eigenvalue weighted by Gasteiger charge is -2.15. The fourth-order valence-corrected chi connectivity index (χ4v) is 3.30. The molecule has 1 N–H and O–H groups in total. The monoisotopic (exact) mass is 319 g/mol. The molecule has 1 aromatic rings. The molecule has 114 valence electrons. The van der Waals surface area contributed by atoms with Crippen LogP contribution in [0.2, 0.25) is 5.02 Å². The molecule has 0 aliphatic rings. The minimum atomic E-state index is -3.26. The minimum Gasteiger partial charge on any atom is -0.496 e. The first-order valence-corrected chi connectivity index (χ1v) is 8.65. The summed E-state index contributed by atoms with van der Waals surface area (Å²) in [5.41, 5.74) is 2.54. The molecule has 0 unspecified atom stereocenters. The van der Waals surface area contributed by atoms with Gasteiger partial charge in [-0.2, -0.15) is 0 Å². The summed E-state index contributed by atoms with van der Waals surface area (Å²) in [5.74, 6) is 0.798. The maximum absolute atomic E-state index is 11.8. The summed E-state index contributed by atoms with van der Waals surface area (Å²) in [4.78, 5) is 0. The Hall–Kier alpha value is -0.780. The Morgan fingerprint density at radius 3 is 2.55 bits per heavy atom. The predicted octanol–water partition coefficient (Wildman–Crippen LogP) is 3.18. The summed E-state index contributed by atoms with van der Waals surface area (Å²) >= 11 is 6.21. The first-order valence-electron chi connectivity index (χ1n) is 6.62. The largest absolute Gasteiger partial charge is 0.496 e. The average molecular weight is 320 g/mol.